The molecule has 3 aromatic rings. The Morgan fingerprint density at radius 1 is 1.03 bits per heavy atom. The molecular weight excluding hydrogens is 388 g/mol. The fraction of sp³-hybridized carbons (Fsp3) is 0.400. The van der Waals surface area contributed by atoms with Crippen molar-refractivity contribution < 1.29 is 9.84 Å². The summed E-state index contributed by atoms with van der Waals surface area (Å²) >= 11 is 0. The second-order valence-corrected chi connectivity index (χ2v) is 8.73. The van der Waals surface area contributed by atoms with Gasteiger partial charge in [0.15, 0.2) is 5.82 Å². The van der Waals surface area contributed by atoms with Crippen molar-refractivity contribution >= 4 is 0 Å². The molecule has 1 aliphatic carbocycles. The molecule has 1 saturated heterocycles. The Labute approximate surface area is 183 Å². The molecular formula is C25H28N4O2. The van der Waals surface area contributed by atoms with Crippen LogP contribution in [0.3, 0.4) is 0 Å². The minimum absolute atomic E-state index is 0.226. The predicted molar refractivity (Wildman–Crippen MR) is 118 cm³/mol. The molecule has 5 rings (SSSR count). The van der Waals surface area contributed by atoms with Crippen LogP contribution in [0.5, 0.6) is 5.75 Å². The highest BCUT2D eigenvalue weighted by molar-refractivity contribution is 5.55. The molecule has 2 unspecified atom stereocenters. The first-order chi connectivity index (χ1) is 15.2. The van der Waals surface area contributed by atoms with E-state index < -0.39 is 5.60 Å². The number of aliphatic hydroxyl groups is 1. The molecule has 6 nitrogen and oxygen atoms in total. The van der Waals surface area contributed by atoms with Gasteiger partial charge >= 0.3 is 0 Å². The zero-order valence-electron chi connectivity index (χ0n) is 17.8. The molecule has 6 heteroatoms. The molecule has 3 heterocycles. The minimum atomic E-state index is -0.766. The van der Waals surface area contributed by atoms with Crippen LogP contribution in [0.15, 0.2) is 61.2 Å². The zero-order valence-corrected chi connectivity index (χ0v) is 17.8. The Bertz CT molecular complexity index is 994. The van der Waals surface area contributed by atoms with Gasteiger partial charge in [-0.15, -0.1) is 0 Å². The lowest BCUT2D eigenvalue weighted by molar-refractivity contribution is -0.148. The van der Waals surface area contributed by atoms with Crippen LogP contribution in [0.4, 0.5) is 0 Å². The van der Waals surface area contributed by atoms with Gasteiger partial charge in [0.2, 0.25) is 0 Å². The lowest BCUT2D eigenvalue weighted by Crippen LogP contribution is -2.57. The van der Waals surface area contributed by atoms with Gasteiger partial charge < -0.3 is 9.84 Å². The van der Waals surface area contributed by atoms with Crippen LogP contribution in [-0.4, -0.2) is 45.2 Å². The third kappa shape index (κ3) is 3.82. The van der Waals surface area contributed by atoms with Crippen molar-refractivity contribution in [2.45, 2.75) is 31.4 Å². The van der Waals surface area contributed by atoms with E-state index in [1.54, 1.807) is 13.3 Å². The molecule has 2 aliphatic rings. The Balaban J connectivity index is 1.29. The molecule has 0 radical (unpaired) electrons. The molecule has 2 fully saturated rings. The standard InChI is InChI=1S/C25H28N4O2/c1-31-23-9-7-19(8-10-23)24-27-12-18(13-28-24)15-29-16-21-4-2-5-22(17-29)25(21,30)20-6-3-11-26-14-20/h3,6-14,21-22,30H,2,4-5,15-17H2,1H3. The summed E-state index contributed by atoms with van der Waals surface area (Å²) in [4.78, 5) is 15.9. The van der Waals surface area contributed by atoms with Crippen molar-refractivity contribution in [2.75, 3.05) is 20.2 Å². The number of hydrogen-bond donors (Lipinski definition) is 1. The molecule has 160 valence electrons. The van der Waals surface area contributed by atoms with Crippen molar-refractivity contribution in [2.24, 2.45) is 11.8 Å². The largest absolute Gasteiger partial charge is 0.497 e. The maximum Gasteiger partial charge on any atom is 0.159 e. The SMILES string of the molecule is COc1ccc(-c2ncc(CN3CC4CCCC(C3)C4(O)c3cccnc3)cn2)cc1. The summed E-state index contributed by atoms with van der Waals surface area (Å²) in [7, 11) is 1.66. The van der Waals surface area contributed by atoms with Gasteiger partial charge in [0.25, 0.3) is 0 Å². The lowest BCUT2D eigenvalue weighted by Gasteiger charge is -2.53. The number of fused-ring (bicyclic) bond motifs is 2. The summed E-state index contributed by atoms with van der Waals surface area (Å²) in [6.07, 6.45) is 10.7. The van der Waals surface area contributed by atoms with Gasteiger partial charge in [-0.3, -0.25) is 9.88 Å². The summed E-state index contributed by atoms with van der Waals surface area (Å²) in [5, 5.41) is 11.7. The van der Waals surface area contributed by atoms with Crippen LogP contribution in [0, 0.1) is 11.8 Å². The third-order valence-electron chi connectivity index (χ3n) is 6.89. The fourth-order valence-electron chi connectivity index (χ4n) is 5.33. The quantitative estimate of drug-likeness (QED) is 0.684. The summed E-state index contributed by atoms with van der Waals surface area (Å²) in [5.41, 5.74) is 2.28. The Hall–Kier alpha value is -2.83. The van der Waals surface area contributed by atoms with E-state index in [2.05, 4.69) is 19.9 Å². The number of likely N-dealkylation sites (tertiary alicyclic amines) is 1. The number of hydrogen-bond acceptors (Lipinski definition) is 6. The van der Waals surface area contributed by atoms with Crippen LogP contribution in [0.2, 0.25) is 0 Å². The third-order valence-corrected chi connectivity index (χ3v) is 6.89. The minimum Gasteiger partial charge on any atom is -0.497 e. The number of methoxy groups -OCH3 is 1. The van der Waals surface area contributed by atoms with Gasteiger partial charge in [0.05, 0.1) is 12.7 Å². The summed E-state index contributed by atoms with van der Waals surface area (Å²) in [6.45, 7) is 2.56. The Kier molecular flexibility index (Phi) is 5.42. The highest BCUT2D eigenvalue weighted by Gasteiger charge is 2.51. The maximum absolute atomic E-state index is 11.7. The highest BCUT2D eigenvalue weighted by Crippen LogP contribution is 2.49. The number of pyridine rings is 1. The second-order valence-electron chi connectivity index (χ2n) is 8.73. The van der Waals surface area contributed by atoms with Crippen LogP contribution in [-0.2, 0) is 12.1 Å². The van der Waals surface area contributed by atoms with Crippen molar-refractivity contribution in [3.8, 4) is 17.1 Å². The van der Waals surface area contributed by atoms with Crippen LogP contribution >= 0.6 is 0 Å². The number of rotatable bonds is 5. The van der Waals surface area contributed by atoms with Gasteiger partial charge in [-0.25, -0.2) is 9.97 Å². The normalized spacial score (nSPS) is 25.9. The molecule has 1 aliphatic heterocycles. The number of benzene rings is 1. The maximum atomic E-state index is 11.7. The first-order valence-electron chi connectivity index (χ1n) is 11.0. The predicted octanol–water partition coefficient (Wildman–Crippen LogP) is 3.67. The van der Waals surface area contributed by atoms with Gasteiger partial charge in [-0.2, -0.15) is 0 Å². The van der Waals surface area contributed by atoms with E-state index in [0.717, 1.165) is 54.9 Å². The van der Waals surface area contributed by atoms with E-state index in [9.17, 15) is 5.11 Å². The van der Waals surface area contributed by atoms with Crippen LogP contribution in [0.25, 0.3) is 11.4 Å². The molecule has 2 atom stereocenters. The van der Waals surface area contributed by atoms with E-state index in [-0.39, 0.29) is 11.8 Å². The van der Waals surface area contributed by atoms with E-state index >= 15 is 0 Å². The van der Waals surface area contributed by atoms with Crippen molar-refractivity contribution in [1.82, 2.24) is 19.9 Å². The van der Waals surface area contributed by atoms with Crippen LogP contribution in [0.1, 0.15) is 30.4 Å². The molecule has 2 aromatic heterocycles. The van der Waals surface area contributed by atoms with E-state index in [0.29, 0.717) is 5.82 Å². The Morgan fingerprint density at radius 2 is 1.74 bits per heavy atom. The van der Waals surface area contributed by atoms with Crippen molar-refractivity contribution in [1.29, 1.82) is 0 Å². The van der Waals surface area contributed by atoms with Gasteiger partial charge in [0, 0.05) is 72.9 Å². The number of aromatic nitrogens is 3. The molecule has 2 bridgehead atoms. The van der Waals surface area contributed by atoms with E-state index in [1.165, 1.54) is 6.42 Å². The highest BCUT2D eigenvalue weighted by atomic mass is 16.5. The number of nitrogens with zero attached hydrogens (tertiary/aromatic N) is 4. The summed E-state index contributed by atoms with van der Waals surface area (Å²) < 4.78 is 5.22. The van der Waals surface area contributed by atoms with Crippen molar-refractivity contribution in [3.05, 3.63) is 72.3 Å². The van der Waals surface area contributed by atoms with Crippen molar-refractivity contribution in [3.63, 3.8) is 0 Å². The number of piperidine rings is 1. The molecule has 1 aromatic carbocycles. The molecule has 31 heavy (non-hydrogen) atoms. The van der Waals surface area contributed by atoms with Gasteiger partial charge in [0.1, 0.15) is 5.75 Å². The monoisotopic (exact) mass is 416 g/mol. The molecule has 0 amide bonds. The molecule has 1 N–H and O–H groups in total. The summed E-state index contributed by atoms with van der Waals surface area (Å²) in [6, 6.07) is 11.7. The lowest BCUT2D eigenvalue weighted by atomic mass is 9.63. The first-order valence-corrected chi connectivity index (χ1v) is 11.0. The smallest absolute Gasteiger partial charge is 0.159 e. The van der Waals surface area contributed by atoms with Gasteiger partial charge in [-0.1, -0.05) is 12.5 Å². The first kappa shape index (κ1) is 20.1. The fourth-order valence-corrected chi connectivity index (χ4v) is 5.33. The van der Waals surface area contributed by atoms with Crippen LogP contribution < -0.4 is 4.74 Å². The number of ether oxygens (including phenoxy) is 1. The zero-order chi connectivity index (χ0) is 21.3. The topological polar surface area (TPSA) is 71.4 Å². The van der Waals surface area contributed by atoms with E-state index in [1.807, 2.05) is 55.0 Å². The summed E-state index contributed by atoms with van der Waals surface area (Å²) in [5.74, 6) is 1.99. The Morgan fingerprint density at radius 3 is 2.35 bits per heavy atom. The average molecular weight is 417 g/mol. The van der Waals surface area contributed by atoms with E-state index in [4.69, 9.17) is 4.74 Å². The average Bonchev–Trinajstić information content (AvgIpc) is 2.81. The molecule has 0 spiro atoms. The van der Waals surface area contributed by atoms with Gasteiger partial charge in [-0.05, 0) is 43.2 Å². The second kappa shape index (κ2) is 8.36. The molecule has 1 saturated carbocycles.